The van der Waals surface area contributed by atoms with Gasteiger partial charge in [-0.15, -0.1) is 0 Å². The van der Waals surface area contributed by atoms with E-state index in [0.29, 0.717) is 18.2 Å². The zero-order valence-electron chi connectivity index (χ0n) is 22.4. The fourth-order valence-electron chi connectivity index (χ4n) is 4.21. The maximum atomic E-state index is 13.3. The van der Waals surface area contributed by atoms with Crippen molar-refractivity contribution in [1.82, 2.24) is 10.2 Å². The summed E-state index contributed by atoms with van der Waals surface area (Å²) in [6.07, 6.45) is 1.79. The van der Waals surface area contributed by atoms with Gasteiger partial charge in [0.15, 0.2) is 6.61 Å². The molecule has 0 unspecified atom stereocenters. The number of sulfonamides is 1. The Balaban J connectivity index is 1.39. The minimum atomic E-state index is -3.92. The maximum Gasteiger partial charge on any atom is 0.261 e. The number of hydrogen-bond acceptors (Lipinski definition) is 6. The molecule has 12 heteroatoms. The van der Waals surface area contributed by atoms with Crippen molar-refractivity contribution in [2.75, 3.05) is 24.5 Å². The first-order valence-corrected chi connectivity index (χ1v) is 14.9. The van der Waals surface area contributed by atoms with E-state index in [1.165, 1.54) is 41.3 Å². The monoisotopic (exact) mass is 603 g/mol. The number of carbonyl (C=O) groups is 2. The van der Waals surface area contributed by atoms with Gasteiger partial charge in [0.2, 0.25) is 5.91 Å². The second-order valence-electron chi connectivity index (χ2n) is 9.58. The van der Waals surface area contributed by atoms with Gasteiger partial charge in [-0.2, -0.15) is 0 Å². The van der Waals surface area contributed by atoms with Gasteiger partial charge in [0, 0.05) is 30.4 Å². The quantitative estimate of drug-likeness (QED) is 0.318. The number of rotatable bonds is 12. The lowest BCUT2D eigenvalue weighted by Gasteiger charge is -2.29. The lowest BCUT2D eigenvalue weighted by atomic mass is 10.1. The highest BCUT2D eigenvalue weighted by Crippen LogP contribution is 2.20. The summed E-state index contributed by atoms with van der Waals surface area (Å²) in [7, 11) is -3.92. The molecule has 0 aliphatic carbocycles. The average molecular weight is 604 g/mol. The van der Waals surface area contributed by atoms with E-state index in [1.807, 2.05) is 0 Å². The van der Waals surface area contributed by atoms with Crippen LogP contribution in [-0.4, -0.2) is 57.0 Å². The summed E-state index contributed by atoms with van der Waals surface area (Å²) in [6.45, 7) is 2.46. The van der Waals surface area contributed by atoms with E-state index >= 15 is 0 Å². The van der Waals surface area contributed by atoms with Crippen molar-refractivity contribution in [3.05, 3.63) is 89.2 Å². The van der Waals surface area contributed by atoms with Crippen LogP contribution in [0.3, 0.4) is 0 Å². The highest BCUT2D eigenvalue weighted by atomic mass is 35.5. The molecule has 0 spiro atoms. The Morgan fingerprint density at radius 3 is 2.39 bits per heavy atom. The normalized spacial score (nSPS) is 15.6. The molecule has 2 atom stereocenters. The first-order valence-electron chi connectivity index (χ1n) is 13.1. The molecular weight excluding hydrogens is 573 g/mol. The van der Waals surface area contributed by atoms with E-state index < -0.39 is 27.8 Å². The van der Waals surface area contributed by atoms with Gasteiger partial charge in [0.05, 0.1) is 11.0 Å². The second-order valence-corrected chi connectivity index (χ2v) is 11.7. The molecule has 0 bridgehead atoms. The fraction of sp³-hybridized carbons (Fsp3) is 0.310. The van der Waals surface area contributed by atoms with Crippen LogP contribution in [0.25, 0.3) is 0 Å². The zero-order valence-corrected chi connectivity index (χ0v) is 24.0. The number of amides is 2. The molecule has 1 aliphatic heterocycles. The minimum absolute atomic E-state index is 0.0347. The van der Waals surface area contributed by atoms with Gasteiger partial charge in [0.25, 0.3) is 15.9 Å². The molecule has 2 amide bonds. The molecule has 0 aromatic heterocycles. The van der Waals surface area contributed by atoms with E-state index in [0.717, 1.165) is 30.5 Å². The molecule has 9 nitrogen and oxygen atoms in total. The highest BCUT2D eigenvalue weighted by molar-refractivity contribution is 7.92. The molecule has 1 fully saturated rings. The number of nitrogens with zero attached hydrogens (tertiary/aromatic N) is 1. The standard InChI is InChI=1S/C29H31ClFN3O6S/c1-20(29(36)32-17-26-3-2-16-39-26)34(18-21-4-6-22(30)7-5-21)28(35)19-40-25-12-14-27(15-13-25)41(37,38)33-24-10-8-23(31)9-11-24/h4-15,20,26,33H,2-3,16-19H2,1H3,(H,32,36)/t20-,26-/m0/s1. The van der Waals surface area contributed by atoms with Gasteiger partial charge in [-0.05, 0) is 86.0 Å². The average Bonchev–Trinajstić information content (AvgIpc) is 3.49. The maximum absolute atomic E-state index is 13.3. The number of nitrogens with one attached hydrogen (secondary N) is 2. The Labute approximate surface area is 243 Å². The number of halogens is 2. The third kappa shape index (κ3) is 8.66. The predicted octanol–water partition coefficient (Wildman–Crippen LogP) is 4.37. The van der Waals surface area contributed by atoms with Crippen LogP contribution in [0.5, 0.6) is 5.75 Å². The SMILES string of the molecule is C[C@@H](C(=O)NC[C@@H]1CCCO1)N(Cc1ccc(Cl)cc1)C(=O)COc1ccc(S(=O)(=O)Nc2ccc(F)cc2)cc1. The molecule has 3 aromatic rings. The molecule has 1 aliphatic rings. The number of carbonyl (C=O) groups excluding carboxylic acids is 2. The summed E-state index contributed by atoms with van der Waals surface area (Å²) in [5.41, 5.74) is 0.997. The van der Waals surface area contributed by atoms with Crippen LogP contribution in [0.2, 0.25) is 5.02 Å². The summed E-state index contributed by atoms with van der Waals surface area (Å²) in [6, 6.07) is 16.6. The summed E-state index contributed by atoms with van der Waals surface area (Å²) in [5, 5.41) is 3.42. The summed E-state index contributed by atoms with van der Waals surface area (Å²) in [4.78, 5) is 27.6. The Bertz CT molecular complexity index is 1430. The van der Waals surface area contributed by atoms with Crippen LogP contribution in [0.4, 0.5) is 10.1 Å². The van der Waals surface area contributed by atoms with Crippen molar-refractivity contribution in [3.8, 4) is 5.75 Å². The predicted molar refractivity (Wildman–Crippen MR) is 153 cm³/mol. The Hall–Kier alpha value is -3.67. The molecule has 218 valence electrons. The number of hydrogen-bond donors (Lipinski definition) is 2. The molecule has 3 aromatic carbocycles. The largest absolute Gasteiger partial charge is 0.484 e. The smallest absolute Gasteiger partial charge is 0.261 e. The van der Waals surface area contributed by atoms with Crippen LogP contribution < -0.4 is 14.8 Å². The molecule has 1 heterocycles. The zero-order chi connectivity index (χ0) is 29.4. The molecule has 4 rings (SSSR count). The summed E-state index contributed by atoms with van der Waals surface area (Å²) in [5.74, 6) is -0.967. The Morgan fingerprint density at radius 1 is 1.07 bits per heavy atom. The van der Waals surface area contributed by atoms with Crippen molar-refractivity contribution in [2.24, 2.45) is 0 Å². The molecule has 1 saturated heterocycles. The van der Waals surface area contributed by atoms with Crippen molar-refractivity contribution >= 4 is 39.1 Å². The first-order chi connectivity index (χ1) is 19.6. The minimum Gasteiger partial charge on any atom is -0.484 e. The van der Waals surface area contributed by atoms with Crippen LogP contribution in [0.15, 0.2) is 77.7 Å². The lowest BCUT2D eigenvalue weighted by Crippen LogP contribution is -2.50. The van der Waals surface area contributed by atoms with Crippen LogP contribution >= 0.6 is 11.6 Å². The van der Waals surface area contributed by atoms with Gasteiger partial charge in [-0.1, -0.05) is 23.7 Å². The first kappa shape index (κ1) is 30.3. The molecular formula is C29H31ClFN3O6S. The number of benzene rings is 3. The van der Waals surface area contributed by atoms with Gasteiger partial charge < -0.3 is 19.7 Å². The van der Waals surface area contributed by atoms with E-state index in [2.05, 4.69) is 10.0 Å². The van der Waals surface area contributed by atoms with E-state index in [1.54, 1.807) is 31.2 Å². The molecule has 0 saturated carbocycles. The van der Waals surface area contributed by atoms with Gasteiger partial charge >= 0.3 is 0 Å². The third-order valence-electron chi connectivity index (χ3n) is 6.55. The molecule has 2 N–H and O–H groups in total. The molecule has 0 radical (unpaired) electrons. The van der Waals surface area contributed by atoms with Gasteiger partial charge in [-0.25, -0.2) is 12.8 Å². The lowest BCUT2D eigenvalue weighted by molar-refractivity contribution is -0.142. The number of anilines is 1. The van der Waals surface area contributed by atoms with E-state index in [-0.39, 0.29) is 41.5 Å². The van der Waals surface area contributed by atoms with Crippen molar-refractivity contribution < 1.29 is 31.9 Å². The summed E-state index contributed by atoms with van der Waals surface area (Å²) >= 11 is 6.00. The number of ether oxygens (including phenoxy) is 2. The van der Waals surface area contributed by atoms with Gasteiger partial charge in [0.1, 0.15) is 17.6 Å². The van der Waals surface area contributed by atoms with Crippen LogP contribution in [0, 0.1) is 5.82 Å². The Kier molecular flexibility index (Phi) is 10.2. The highest BCUT2D eigenvalue weighted by Gasteiger charge is 2.27. The van der Waals surface area contributed by atoms with E-state index in [9.17, 15) is 22.4 Å². The van der Waals surface area contributed by atoms with E-state index in [4.69, 9.17) is 21.1 Å². The van der Waals surface area contributed by atoms with Crippen molar-refractivity contribution in [2.45, 2.75) is 43.4 Å². The van der Waals surface area contributed by atoms with Crippen LogP contribution in [-0.2, 0) is 30.9 Å². The third-order valence-corrected chi connectivity index (χ3v) is 8.20. The van der Waals surface area contributed by atoms with Gasteiger partial charge in [-0.3, -0.25) is 14.3 Å². The topological polar surface area (TPSA) is 114 Å². The van der Waals surface area contributed by atoms with Crippen molar-refractivity contribution in [1.29, 1.82) is 0 Å². The molecule has 41 heavy (non-hydrogen) atoms. The fourth-order valence-corrected chi connectivity index (χ4v) is 5.40. The van der Waals surface area contributed by atoms with Crippen LogP contribution in [0.1, 0.15) is 25.3 Å². The summed E-state index contributed by atoms with van der Waals surface area (Å²) < 4.78 is 52.0. The second kappa shape index (κ2) is 13.8. The van der Waals surface area contributed by atoms with Crippen molar-refractivity contribution in [3.63, 3.8) is 0 Å². The Morgan fingerprint density at radius 2 is 1.76 bits per heavy atom.